The lowest BCUT2D eigenvalue weighted by atomic mass is 10.2. The molecule has 0 atom stereocenters. The second kappa shape index (κ2) is 7.23. The number of hydrogen-bond donors (Lipinski definition) is 1. The van der Waals surface area contributed by atoms with E-state index in [4.69, 9.17) is 0 Å². The molecule has 0 radical (unpaired) electrons. The molecule has 0 bridgehead atoms. The van der Waals surface area contributed by atoms with E-state index < -0.39 is 0 Å². The van der Waals surface area contributed by atoms with Gasteiger partial charge < -0.3 is 10.2 Å². The third-order valence-corrected chi connectivity index (χ3v) is 4.85. The minimum Gasteiger partial charge on any atom is -0.378 e. The number of hydrogen-bond acceptors (Lipinski definition) is 4. The fourth-order valence-corrected chi connectivity index (χ4v) is 3.24. The summed E-state index contributed by atoms with van der Waals surface area (Å²) in [6.07, 6.45) is 1.88. The molecule has 2 aromatic rings. The zero-order valence-corrected chi connectivity index (χ0v) is 15.7. The molecule has 1 N–H and O–H groups in total. The largest absolute Gasteiger partial charge is 0.378 e. The van der Waals surface area contributed by atoms with E-state index in [1.807, 2.05) is 73.6 Å². The van der Waals surface area contributed by atoms with Gasteiger partial charge in [0.1, 0.15) is 0 Å². The fraction of sp³-hybridized carbons (Fsp3) is 0.111. The van der Waals surface area contributed by atoms with E-state index in [1.54, 1.807) is 0 Å². The van der Waals surface area contributed by atoms with Crippen molar-refractivity contribution < 1.29 is 4.79 Å². The Hall–Kier alpha value is -2.05. The molecule has 1 amide bonds. The predicted octanol–water partition coefficient (Wildman–Crippen LogP) is 4.41. The molecule has 6 heteroatoms. The zero-order chi connectivity index (χ0) is 17.1. The second-order valence-corrected chi connectivity index (χ2v) is 7.39. The van der Waals surface area contributed by atoms with Crippen LogP contribution in [0.1, 0.15) is 5.56 Å². The minimum absolute atomic E-state index is 0.118. The Morgan fingerprint density at radius 1 is 1.08 bits per heavy atom. The molecule has 1 aliphatic heterocycles. The summed E-state index contributed by atoms with van der Waals surface area (Å²) in [5.41, 5.74) is 2.92. The lowest BCUT2D eigenvalue weighted by molar-refractivity contribution is -0.115. The number of anilines is 1. The number of aliphatic imine (C=N–C) groups is 1. The Labute approximate surface area is 153 Å². The summed E-state index contributed by atoms with van der Waals surface area (Å²) >= 11 is 4.74. The molecule has 1 saturated heterocycles. The smallest absolute Gasteiger partial charge is 0.264 e. The Morgan fingerprint density at radius 3 is 2.38 bits per heavy atom. The van der Waals surface area contributed by atoms with Gasteiger partial charge in [-0.1, -0.05) is 28.1 Å². The number of amides is 1. The highest BCUT2D eigenvalue weighted by atomic mass is 79.9. The molecule has 122 valence electrons. The molecule has 3 rings (SSSR count). The standard InChI is InChI=1S/C18H16BrN3OS/c1-22(2)15-9-3-12(4-10-15)11-16-17(23)21-18(24-16)20-14-7-5-13(19)6-8-14/h3-11H,1-2H3,(H,20,21,23)/b16-11-. The van der Waals surface area contributed by atoms with Crippen LogP contribution in [0, 0.1) is 0 Å². The fourth-order valence-electron chi connectivity index (χ4n) is 2.13. The van der Waals surface area contributed by atoms with Gasteiger partial charge in [-0.15, -0.1) is 0 Å². The summed E-state index contributed by atoms with van der Waals surface area (Å²) in [6, 6.07) is 15.7. The lowest BCUT2D eigenvalue weighted by Gasteiger charge is -2.11. The number of carbonyl (C=O) groups is 1. The Bertz CT molecular complexity index is 811. The highest BCUT2D eigenvalue weighted by molar-refractivity contribution is 9.10. The monoisotopic (exact) mass is 401 g/mol. The molecule has 1 fully saturated rings. The number of thioether (sulfide) groups is 1. The van der Waals surface area contributed by atoms with E-state index in [1.165, 1.54) is 11.8 Å². The van der Waals surface area contributed by atoms with E-state index in [-0.39, 0.29) is 5.91 Å². The maximum absolute atomic E-state index is 12.1. The van der Waals surface area contributed by atoms with Gasteiger partial charge in [-0.3, -0.25) is 4.79 Å². The van der Waals surface area contributed by atoms with Crippen molar-refractivity contribution in [2.75, 3.05) is 19.0 Å². The third kappa shape index (κ3) is 4.07. The quantitative estimate of drug-likeness (QED) is 0.774. The van der Waals surface area contributed by atoms with Gasteiger partial charge in [0, 0.05) is 24.3 Å². The number of carbonyl (C=O) groups excluding carboxylic acids is 1. The van der Waals surface area contributed by atoms with Crippen LogP contribution in [0.5, 0.6) is 0 Å². The molecule has 0 saturated carbocycles. The van der Waals surface area contributed by atoms with Crippen molar-refractivity contribution in [3.63, 3.8) is 0 Å². The first kappa shape index (κ1) is 16.8. The van der Waals surface area contributed by atoms with Gasteiger partial charge in [0.05, 0.1) is 10.6 Å². The summed E-state index contributed by atoms with van der Waals surface area (Å²) in [4.78, 5) is 19.3. The van der Waals surface area contributed by atoms with Crippen molar-refractivity contribution in [3.05, 3.63) is 63.5 Å². The van der Waals surface area contributed by atoms with Crippen LogP contribution in [-0.4, -0.2) is 25.2 Å². The summed E-state index contributed by atoms with van der Waals surface area (Å²) in [6.45, 7) is 0. The van der Waals surface area contributed by atoms with Crippen LogP contribution < -0.4 is 10.2 Å². The Balaban J connectivity index is 1.77. The van der Waals surface area contributed by atoms with Gasteiger partial charge in [0.25, 0.3) is 5.91 Å². The van der Waals surface area contributed by atoms with Gasteiger partial charge in [-0.05, 0) is 59.8 Å². The molecule has 24 heavy (non-hydrogen) atoms. The first-order valence-electron chi connectivity index (χ1n) is 7.34. The molecular weight excluding hydrogens is 386 g/mol. The first-order valence-corrected chi connectivity index (χ1v) is 8.95. The number of rotatable bonds is 3. The molecule has 4 nitrogen and oxygen atoms in total. The van der Waals surface area contributed by atoms with Crippen molar-refractivity contribution in [2.45, 2.75) is 0 Å². The van der Waals surface area contributed by atoms with Crippen molar-refractivity contribution in [3.8, 4) is 0 Å². The van der Waals surface area contributed by atoms with E-state index in [2.05, 4.69) is 26.2 Å². The van der Waals surface area contributed by atoms with Crippen molar-refractivity contribution in [1.29, 1.82) is 0 Å². The van der Waals surface area contributed by atoms with Crippen LogP contribution in [0.15, 0.2) is 62.9 Å². The van der Waals surface area contributed by atoms with Crippen molar-refractivity contribution in [2.24, 2.45) is 4.99 Å². The van der Waals surface area contributed by atoms with Crippen molar-refractivity contribution >= 4 is 56.2 Å². The summed E-state index contributed by atoms with van der Waals surface area (Å²) in [7, 11) is 4.00. The SMILES string of the molecule is CN(C)c1ccc(/C=C2\SC(=Nc3ccc(Br)cc3)NC2=O)cc1. The zero-order valence-electron chi connectivity index (χ0n) is 13.3. The van der Waals surface area contributed by atoms with Gasteiger partial charge in [0.2, 0.25) is 0 Å². The average Bonchev–Trinajstić information content (AvgIpc) is 2.89. The first-order chi connectivity index (χ1) is 11.5. The Kier molecular flexibility index (Phi) is 5.06. The van der Waals surface area contributed by atoms with Gasteiger partial charge in [0.15, 0.2) is 5.17 Å². The van der Waals surface area contributed by atoms with E-state index in [9.17, 15) is 4.79 Å². The summed E-state index contributed by atoms with van der Waals surface area (Å²) in [5.74, 6) is -0.118. The minimum atomic E-state index is -0.118. The average molecular weight is 402 g/mol. The van der Waals surface area contributed by atoms with E-state index in [0.717, 1.165) is 21.4 Å². The number of nitrogens with one attached hydrogen (secondary N) is 1. The van der Waals surface area contributed by atoms with Crippen LogP contribution in [-0.2, 0) is 4.79 Å². The highest BCUT2D eigenvalue weighted by Gasteiger charge is 2.23. The van der Waals surface area contributed by atoms with Gasteiger partial charge in [-0.25, -0.2) is 4.99 Å². The second-order valence-electron chi connectivity index (χ2n) is 5.44. The number of nitrogens with zero attached hydrogens (tertiary/aromatic N) is 2. The van der Waals surface area contributed by atoms with Crippen LogP contribution in [0.25, 0.3) is 6.08 Å². The number of benzene rings is 2. The lowest BCUT2D eigenvalue weighted by Crippen LogP contribution is -2.19. The Morgan fingerprint density at radius 2 is 1.75 bits per heavy atom. The maximum Gasteiger partial charge on any atom is 0.264 e. The molecule has 0 aliphatic carbocycles. The highest BCUT2D eigenvalue weighted by Crippen LogP contribution is 2.28. The van der Waals surface area contributed by atoms with E-state index >= 15 is 0 Å². The molecule has 0 unspecified atom stereocenters. The topological polar surface area (TPSA) is 44.7 Å². The molecule has 0 spiro atoms. The van der Waals surface area contributed by atoms with Crippen LogP contribution >= 0.6 is 27.7 Å². The van der Waals surface area contributed by atoms with Crippen LogP contribution in [0.3, 0.4) is 0 Å². The summed E-state index contributed by atoms with van der Waals surface area (Å²) in [5, 5.41) is 3.40. The molecule has 1 heterocycles. The molecular formula is C18H16BrN3OS. The van der Waals surface area contributed by atoms with Crippen molar-refractivity contribution in [1.82, 2.24) is 5.32 Å². The molecule has 2 aromatic carbocycles. The molecule has 1 aliphatic rings. The normalized spacial score (nSPS) is 17.4. The predicted molar refractivity (Wildman–Crippen MR) is 106 cm³/mol. The summed E-state index contributed by atoms with van der Waals surface area (Å²) < 4.78 is 0.997. The number of amidine groups is 1. The van der Waals surface area contributed by atoms with Crippen LogP contribution in [0.4, 0.5) is 11.4 Å². The third-order valence-electron chi connectivity index (χ3n) is 3.42. The molecule has 0 aromatic heterocycles. The maximum atomic E-state index is 12.1. The van der Waals surface area contributed by atoms with Crippen LogP contribution in [0.2, 0.25) is 0 Å². The van der Waals surface area contributed by atoms with Gasteiger partial charge >= 0.3 is 0 Å². The number of halogens is 1. The van der Waals surface area contributed by atoms with E-state index in [0.29, 0.717) is 10.1 Å². The van der Waals surface area contributed by atoms with Gasteiger partial charge in [-0.2, -0.15) is 0 Å².